The second-order valence-corrected chi connectivity index (χ2v) is 3.51. The normalized spacial score (nSPS) is 11.8. The smallest absolute Gasteiger partial charge is 0.394 e. The van der Waals surface area contributed by atoms with Crippen LogP contribution in [0, 0.1) is 0 Å². The van der Waals surface area contributed by atoms with E-state index in [0.717, 1.165) is 6.07 Å². The van der Waals surface area contributed by atoms with Crippen molar-refractivity contribution in [3.8, 4) is 0 Å². The second-order valence-electron chi connectivity index (χ2n) is 3.51. The van der Waals surface area contributed by atoms with Crippen LogP contribution < -0.4 is 5.32 Å². The molecule has 0 saturated carbocycles. The van der Waals surface area contributed by atoms with E-state index in [1.165, 1.54) is 12.3 Å². The number of pyridine rings is 1. The summed E-state index contributed by atoms with van der Waals surface area (Å²) in [5.74, 6) is 0. The first-order valence-corrected chi connectivity index (χ1v) is 5.46. The Morgan fingerprint density at radius 1 is 1.33 bits per heavy atom. The van der Waals surface area contributed by atoms with Crippen LogP contribution in [0.4, 0.5) is 13.2 Å². The molecule has 7 heteroatoms. The van der Waals surface area contributed by atoms with Gasteiger partial charge in [-0.2, -0.15) is 13.2 Å². The van der Waals surface area contributed by atoms with E-state index in [2.05, 4.69) is 10.3 Å². The molecule has 1 aromatic rings. The van der Waals surface area contributed by atoms with Crippen molar-refractivity contribution in [1.82, 2.24) is 10.3 Å². The third-order valence-electron chi connectivity index (χ3n) is 2.15. The van der Waals surface area contributed by atoms with Crippen molar-refractivity contribution < 1.29 is 23.0 Å². The zero-order valence-corrected chi connectivity index (χ0v) is 9.70. The molecule has 0 amide bonds. The predicted molar refractivity (Wildman–Crippen MR) is 58.9 cm³/mol. The van der Waals surface area contributed by atoms with Crippen LogP contribution >= 0.6 is 0 Å². The Morgan fingerprint density at radius 3 is 2.78 bits per heavy atom. The maximum atomic E-state index is 12.6. The first-order valence-electron chi connectivity index (χ1n) is 5.46. The van der Waals surface area contributed by atoms with Gasteiger partial charge in [-0.15, -0.1) is 0 Å². The van der Waals surface area contributed by atoms with E-state index in [4.69, 9.17) is 9.84 Å². The third kappa shape index (κ3) is 4.99. The molecule has 0 aliphatic heterocycles. The summed E-state index contributed by atoms with van der Waals surface area (Å²) in [5, 5.41) is 11.3. The average molecular weight is 264 g/mol. The highest BCUT2D eigenvalue weighted by Crippen LogP contribution is 2.30. The molecule has 0 unspecified atom stereocenters. The molecule has 0 spiro atoms. The van der Waals surface area contributed by atoms with Gasteiger partial charge in [0, 0.05) is 19.3 Å². The molecule has 0 saturated heterocycles. The van der Waals surface area contributed by atoms with Crippen molar-refractivity contribution in [3.63, 3.8) is 0 Å². The van der Waals surface area contributed by atoms with Gasteiger partial charge in [0.1, 0.15) is 0 Å². The zero-order chi connectivity index (χ0) is 13.4. The fourth-order valence-corrected chi connectivity index (χ4v) is 1.35. The van der Waals surface area contributed by atoms with Crippen LogP contribution in [-0.2, 0) is 17.5 Å². The monoisotopic (exact) mass is 264 g/mol. The number of aromatic nitrogens is 1. The van der Waals surface area contributed by atoms with Gasteiger partial charge in [-0.3, -0.25) is 4.98 Å². The van der Waals surface area contributed by atoms with Crippen molar-refractivity contribution in [1.29, 1.82) is 0 Å². The van der Waals surface area contributed by atoms with Gasteiger partial charge in [0.2, 0.25) is 0 Å². The number of halogens is 3. The number of nitrogens with zero attached hydrogens (tertiary/aromatic N) is 1. The van der Waals surface area contributed by atoms with E-state index < -0.39 is 11.7 Å². The highest BCUT2D eigenvalue weighted by molar-refractivity contribution is 5.22. The van der Waals surface area contributed by atoms with E-state index in [0.29, 0.717) is 13.2 Å². The number of rotatable bonds is 7. The van der Waals surface area contributed by atoms with Gasteiger partial charge in [0.15, 0.2) is 0 Å². The molecule has 0 atom stereocenters. The van der Waals surface area contributed by atoms with Crippen LogP contribution in [0.3, 0.4) is 0 Å². The molecule has 0 fully saturated rings. The average Bonchev–Trinajstić information content (AvgIpc) is 2.33. The fraction of sp³-hybridized carbons (Fsp3) is 0.545. The Morgan fingerprint density at radius 2 is 2.11 bits per heavy atom. The number of alkyl halides is 3. The van der Waals surface area contributed by atoms with E-state index in [1.54, 1.807) is 0 Å². The number of hydrogen-bond acceptors (Lipinski definition) is 4. The molecule has 4 nitrogen and oxygen atoms in total. The minimum absolute atomic E-state index is 0.0260. The number of aliphatic hydroxyl groups is 1. The van der Waals surface area contributed by atoms with Crippen molar-refractivity contribution in [2.75, 3.05) is 26.4 Å². The molecule has 0 aromatic carbocycles. The summed E-state index contributed by atoms with van der Waals surface area (Å²) in [7, 11) is 0. The Kier molecular flexibility index (Phi) is 6.03. The molecular weight excluding hydrogens is 249 g/mol. The lowest BCUT2D eigenvalue weighted by molar-refractivity contribution is -0.138. The van der Waals surface area contributed by atoms with Crippen molar-refractivity contribution in [3.05, 3.63) is 29.6 Å². The van der Waals surface area contributed by atoms with Gasteiger partial charge in [-0.1, -0.05) is 0 Å². The van der Waals surface area contributed by atoms with Gasteiger partial charge in [0.05, 0.1) is 31.1 Å². The Labute approximate surface area is 103 Å². The van der Waals surface area contributed by atoms with Crippen LogP contribution in [0.25, 0.3) is 0 Å². The lowest BCUT2D eigenvalue weighted by Crippen LogP contribution is -2.22. The molecule has 0 aliphatic rings. The molecule has 102 valence electrons. The molecule has 1 aromatic heterocycles. The maximum absolute atomic E-state index is 12.6. The van der Waals surface area contributed by atoms with Gasteiger partial charge in [-0.05, 0) is 12.1 Å². The summed E-state index contributed by atoms with van der Waals surface area (Å²) in [6, 6.07) is 2.27. The highest BCUT2D eigenvalue weighted by atomic mass is 19.4. The number of ether oxygens (including phenoxy) is 1. The minimum Gasteiger partial charge on any atom is -0.394 e. The summed E-state index contributed by atoms with van der Waals surface area (Å²) in [6.07, 6.45) is -3.06. The largest absolute Gasteiger partial charge is 0.418 e. The van der Waals surface area contributed by atoms with Crippen LogP contribution in [-0.4, -0.2) is 36.5 Å². The SMILES string of the molecule is OCCOCCNCc1ncccc1C(F)(F)F. The van der Waals surface area contributed by atoms with E-state index in [9.17, 15) is 13.2 Å². The highest BCUT2D eigenvalue weighted by Gasteiger charge is 2.33. The third-order valence-corrected chi connectivity index (χ3v) is 2.15. The zero-order valence-electron chi connectivity index (χ0n) is 9.70. The molecule has 1 rings (SSSR count). The van der Waals surface area contributed by atoms with E-state index in [1.807, 2.05) is 0 Å². The van der Waals surface area contributed by atoms with Crippen molar-refractivity contribution in [2.24, 2.45) is 0 Å². The van der Waals surface area contributed by atoms with Crippen LogP contribution in [0.5, 0.6) is 0 Å². The fourth-order valence-electron chi connectivity index (χ4n) is 1.35. The standard InChI is InChI=1S/C11H15F3N2O2/c12-11(13,14)9-2-1-3-16-10(9)8-15-4-6-18-7-5-17/h1-3,15,17H,4-8H2. The number of aliphatic hydroxyl groups excluding tert-OH is 1. The van der Waals surface area contributed by atoms with Gasteiger partial charge < -0.3 is 15.2 Å². The lowest BCUT2D eigenvalue weighted by Gasteiger charge is -2.12. The number of hydrogen-bond donors (Lipinski definition) is 2. The van der Waals surface area contributed by atoms with E-state index in [-0.39, 0.29) is 25.5 Å². The molecule has 18 heavy (non-hydrogen) atoms. The van der Waals surface area contributed by atoms with Gasteiger partial charge >= 0.3 is 6.18 Å². The quantitative estimate of drug-likeness (QED) is 0.727. The Hall–Kier alpha value is -1.18. The molecule has 2 N–H and O–H groups in total. The summed E-state index contributed by atoms with van der Waals surface area (Å²) >= 11 is 0. The summed E-state index contributed by atoms with van der Waals surface area (Å²) in [4.78, 5) is 3.72. The van der Waals surface area contributed by atoms with Gasteiger partial charge in [0.25, 0.3) is 0 Å². The molecule has 1 heterocycles. The first kappa shape index (κ1) is 14.9. The molecule has 0 radical (unpaired) electrons. The summed E-state index contributed by atoms with van der Waals surface area (Å²) in [6.45, 7) is 0.901. The molecule has 0 aliphatic carbocycles. The topological polar surface area (TPSA) is 54.4 Å². The van der Waals surface area contributed by atoms with Crippen LogP contribution in [0.1, 0.15) is 11.3 Å². The summed E-state index contributed by atoms with van der Waals surface area (Å²) in [5.41, 5.74) is -0.763. The van der Waals surface area contributed by atoms with E-state index >= 15 is 0 Å². The van der Waals surface area contributed by atoms with Crippen LogP contribution in [0.15, 0.2) is 18.3 Å². The van der Waals surface area contributed by atoms with Crippen molar-refractivity contribution >= 4 is 0 Å². The summed E-state index contributed by atoms with van der Waals surface area (Å²) < 4.78 is 42.8. The Bertz CT molecular complexity index is 358. The predicted octanol–water partition coefficient (Wildman–Crippen LogP) is 1.20. The molecule has 0 bridgehead atoms. The lowest BCUT2D eigenvalue weighted by atomic mass is 10.2. The first-order chi connectivity index (χ1) is 8.55. The number of nitrogens with one attached hydrogen (secondary N) is 1. The van der Waals surface area contributed by atoms with Crippen molar-refractivity contribution in [2.45, 2.75) is 12.7 Å². The van der Waals surface area contributed by atoms with Gasteiger partial charge in [-0.25, -0.2) is 0 Å². The molecular formula is C11H15F3N2O2. The van der Waals surface area contributed by atoms with Crippen LogP contribution in [0.2, 0.25) is 0 Å². The maximum Gasteiger partial charge on any atom is 0.418 e. The second kappa shape index (κ2) is 7.30. The minimum atomic E-state index is -4.39. The Balaban J connectivity index is 2.43.